The van der Waals surface area contributed by atoms with Crippen molar-refractivity contribution in [2.75, 3.05) is 31.8 Å². The molecule has 2 aliphatic rings. The van der Waals surface area contributed by atoms with Crippen molar-refractivity contribution < 1.29 is 52.2 Å². The summed E-state index contributed by atoms with van der Waals surface area (Å²) in [4.78, 5) is 0. The first-order chi connectivity index (χ1) is 12.9. The molecular weight excluding hydrogens is 412 g/mol. The minimum atomic E-state index is -1.01. The molecule has 10 heteroatoms. The van der Waals surface area contributed by atoms with Gasteiger partial charge in [-0.25, -0.2) is 0 Å². The highest BCUT2D eigenvalue weighted by Gasteiger charge is 2.51. The number of methoxy groups -OCH3 is 1. The summed E-state index contributed by atoms with van der Waals surface area (Å²) in [5, 5.41) is 49.6. The average molecular weight is 439 g/mol. The number of hydrogen-bond acceptors (Lipinski definition) is 8. The Kier molecular flexibility index (Phi) is 8.80. The molecule has 28 heavy (non-hydrogen) atoms. The molecule has 2 heterocycles. The summed E-state index contributed by atoms with van der Waals surface area (Å²) in [6.45, 7) is -0.249. The zero-order valence-electron chi connectivity index (χ0n) is 15.4. The van der Waals surface area contributed by atoms with E-state index in [1.165, 1.54) is 0 Å². The molecule has 0 saturated carbocycles. The van der Waals surface area contributed by atoms with Gasteiger partial charge in [-0.1, -0.05) is 12.1 Å². The Bertz CT molecular complexity index is 606. The summed E-state index contributed by atoms with van der Waals surface area (Å²) < 4.78 is 16.5. The molecule has 3 rings (SSSR count). The molecule has 2 unspecified atom stereocenters. The van der Waals surface area contributed by atoms with E-state index in [2.05, 4.69) is 0 Å². The number of ether oxygens (including phenoxy) is 3. The lowest BCUT2D eigenvalue weighted by molar-refractivity contribution is -0.273. The molecule has 160 valence electrons. The zero-order chi connectivity index (χ0) is 19.6. The highest BCUT2D eigenvalue weighted by molar-refractivity contribution is 7.97. The lowest BCUT2D eigenvalue weighted by atomic mass is 10.1. The Morgan fingerprint density at radius 3 is 2.46 bits per heavy atom. The molecule has 2 saturated heterocycles. The van der Waals surface area contributed by atoms with Crippen LogP contribution in [-0.4, -0.2) is 93.1 Å². The Morgan fingerprint density at radius 1 is 1.18 bits per heavy atom. The van der Waals surface area contributed by atoms with Gasteiger partial charge < -0.3 is 52.2 Å². The monoisotopic (exact) mass is 438 g/mol. The number of benzene rings is 1. The highest BCUT2D eigenvalue weighted by Crippen LogP contribution is 2.31. The van der Waals surface area contributed by atoms with Gasteiger partial charge in [-0.2, -0.15) is 0 Å². The lowest BCUT2D eigenvalue weighted by Crippen LogP contribution is -3.00. The molecule has 0 radical (unpaired) electrons. The van der Waals surface area contributed by atoms with Gasteiger partial charge in [0, 0.05) is 16.5 Å². The van der Waals surface area contributed by atoms with Gasteiger partial charge >= 0.3 is 0 Å². The number of rotatable bonds is 6. The summed E-state index contributed by atoms with van der Waals surface area (Å²) in [6, 6.07) is 7.12. The SMILES string of the molecule is COc1ccc(C2OC[C@@H](O)[C@@H]([C@H](O)C[S+]3C[C@@H](O)[C@H](O)[C@H]3CO)O2)cc1.[Cl-]. The van der Waals surface area contributed by atoms with E-state index in [4.69, 9.17) is 14.2 Å². The zero-order valence-corrected chi connectivity index (χ0v) is 17.0. The predicted molar refractivity (Wildman–Crippen MR) is 98.6 cm³/mol. The maximum absolute atomic E-state index is 10.6. The molecular formula is C18H27ClO8S. The van der Waals surface area contributed by atoms with E-state index in [1.54, 1.807) is 31.4 Å². The summed E-state index contributed by atoms with van der Waals surface area (Å²) in [6.07, 6.45) is -5.52. The van der Waals surface area contributed by atoms with Crippen molar-refractivity contribution in [2.24, 2.45) is 0 Å². The van der Waals surface area contributed by atoms with Gasteiger partial charge in [0.25, 0.3) is 0 Å². The standard InChI is InChI=1S/C18H27O8S.ClH/c1-24-11-4-2-10(3-5-11)18-25-7-12(20)17(26-18)14(22)9-27-8-13(21)16(23)15(27)6-19;/h2-5,12-23H,6-9H2,1H3;1H/q+1;/p-1/t12-,13-,14-,15-,16+,17+,18?,27?;/m1./s1. The van der Waals surface area contributed by atoms with Crippen LogP contribution in [0.5, 0.6) is 5.75 Å². The van der Waals surface area contributed by atoms with Crippen LogP contribution in [0.15, 0.2) is 24.3 Å². The molecule has 0 aromatic heterocycles. The van der Waals surface area contributed by atoms with Crippen molar-refractivity contribution in [2.45, 2.75) is 42.1 Å². The first-order valence-electron chi connectivity index (χ1n) is 8.85. The third-order valence-corrected chi connectivity index (χ3v) is 7.82. The fourth-order valence-electron chi connectivity index (χ4n) is 3.44. The van der Waals surface area contributed by atoms with Gasteiger partial charge in [0.05, 0.1) is 20.3 Å². The van der Waals surface area contributed by atoms with E-state index in [1.807, 2.05) is 0 Å². The highest BCUT2D eigenvalue weighted by atomic mass is 35.5. The molecule has 5 N–H and O–H groups in total. The maximum Gasteiger partial charge on any atom is 0.184 e. The van der Waals surface area contributed by atoms with E-state index < -0.39 is 53.0 Å². The predicted octanol–water partition coefficient (Wildman–Crippen LogP) is -4.45. The molecule has 8 nitrogen and oxygen atoms in total. The number of aliphatic hydroxyl groups excluding tert-OH is 5. The van der Waals surface area contributed by atoms with Gasteiger partial charge in [0.1, 0.15) is 47.8 Å². The van der Waals surface area contributed by atoms with Crippen molar-refractivity contribution in [3.63, 3.8) is 0 Å². The van der Waals surface area contributed by atoms with Gasteiger partial charge in [0.15, 0.2) is 11.5 Å². The largest absolute Gasteiger partial charge is 1.00 e. The minimum absolute atomic E-state index is 0. The van der Waals surface area contributed by atoms with E-state index in [0.717, 1.165) is 5.56 Å². The lowest BCUT2D eigenvalue weighted by Gasteiger charge is -2.36. The summed E-state index contributed by atoms with van der Waals surface area (Å²) in [5.41, 5.74) is 0.738. The van der Waals surface area contributed by atoms with Crippen LogP contribution < -0.4 is 17.1 Å². The Morgan fingerprint density at radius 2 is 1.86 bits per heavy atom. The molecule has 0 amide bonds. The Labute approximate surface area is 172 Å². The van der Waals surface area contributed by atoms with Crippen molar-refractivity contribution in [1.82, 2.24) is 0 Å². The number of halogens is 1. The Balaban J connectivity index is 0.00000280. The van der Waals surface area contributed by atoms with E-state index in [9.17, 15) is 25.5 Å². The third-order valence-electron chi connectivity index (χ3n) is 5.00. The summed E-state index contributed by atoms with van der Waals surface area (Å²) in [5.74, 6) is 1.22. The molecule has 0 bridgehead atoms. The topological polar surface area (TPSA) is 129 Å². The van der Waals surface area contributed by atoms with Crippen LogP contribution in [0.3, 0.4) is 0 Å². The fraction of sp³-hybridized carbons (Fsp3) is 0.667. The summed E-state index contributed by atoms with van der Waals surface area (Å²) >= 11 is 0. The molecule has 0 aliphatic carbocycles. The van der Waals surface area contributed by atoms with Crippen LogP contribution in [0.1, 0.15) is 11.9 Å². The van der Waals surface area contributed by atoms with Crippen LogP contribution >= 0.6 is 0 Å². The molecule has 0 spiro atoms. The normalized spacial score (nSPS) is 36.6. The van der Waals surface area contributed by atoms with E-state index >= 15 is 0 Å². The fourth-order valence-corrected chi connectivity index (χ4v) is 6.12. The first kappa shape index (κ1) is 23.7. The second-order valence-electron chi connectivity index (χ2n) is 6.82. The number of hydrogen-bond donors (Lipinski definition) is 5. The second kappa shape index (κ2) is 10.4. The van der Waals surface area contributed by atoms with Crippen molar-refractivity contribution in [3.05, 3.63) is 29.8 Å². The van der Waals surface area contributed by atoms with Crippen molar-refractivity contribution in [3.8, 4) is 5.75 Å². The van der Waals surface area contributed by atoms with Crippen LogP contribution in [0.25, 0.3) is 0 Å². The van der Waals surface area contributed by atoms with Crippen LogP contribution in [-0.2, 0) is 20.4 Å². The quantitative estimate of drug-likeness (QED) is 0.281. The van der Waals surface area contributed by atoms with Gasteiger partial charge in [-0.05, 0) is 12.1 Å². The number of aliphatic hydroxyl groups is 5. The minimum Gasteiger partial charge on any atom is -1.00 e. The third kappa shape index (κ3) is 5.10. The smallest absolute Gasteiger partial charge is 0.184 e. The molecule has 2 aliphatic heterocycles. The second-order valence-corrected chi connectivity index (χ2v) is 9.17. The maximum atomic E-state index is 10.6. The first-order valence-corrected chi connectivity index (χ1v) is 10.5. The van der Waals surface area contributed by atoms with Crippen molar-refractivity contribution in [1.29, 1.82) is 0 Å². The Hall–Kier alpha value is -0.620. The van der Waals surface area contributed by atoms with E-state index in [-0.39, 0.29) is 31.4 Å². The van der Waals surface area contributed by atoms with Crippen molar-refractivity contribution >= 4 is 10.9 Å². The molecule has 8 atom stereocenters. The van der Waals surface area contributed by atoms with Crippen LogP contribution in [0.4, 0.5) is 0 Å². The van der Waals surface area contributed by atoms with Gasteiger partial charge in [0.2, 0.25) is 0 Å². The molecule has 1 aromatic carbocycles. The molecule has 2 fully saturated rings. The van der Waals surface area contributed by atoms with Gasteiger partial charge in [-0.3, -0.25) is 0 Å². The summed E-state index contributed by atoms with van der Waals surface area (Å²) in [7, 11) is 0.992. The van der Waals surface area contributed by atoms with Crippen LogP contribution in [0.2, 0.25) is 0 Å². The average Bonchev–Trinajstić information content (AvgIpc) is 2.95. The molecule has 1 aromatic rings. The van der Waals surface area contributed by atoms with Gasteiger partial charge in [-0.15, -0.1) is 0 Å². The van der Waals surface area contributed by atoms with E-state index in [0.29, 0.717) is 11.5 Å². The van der Waals surface area contributed by atoms with Crippen LogP contribution in [0, 0.1) is 0 Å².